The van der Waals surface area contributed by atoms with Gasteiger partial charge >= 0.3 is 5.97 Å². The molecule has 0 bridgehead atoms. The van der Waals surface area contributed by atoms with Crippen molar-refractivity contribution in [3.63, 3.8) is 0 Å². The molecule has 1 atom stereocenters. The van der Waals surface area contributed by atoms with Crippen molar-refractivity contribution in [3.8, 4) is 5.75 Å². The van der Waals surface area contributed by atoms with Gasteiger partial charge in [-0.25, -0.2) is 4.79 Å². The Hall–Kier alpha value is -1.59. The van der Waals surface area contributed by atoms with Crippen LogP contribution in [0.5, 0.6) is 5.75 Å². The van der Waals surface area contributed by atoms with E-state index in [1.165, 1.54) is 6.07 Å². The van der Waals surface area contributed by atoms with Crippen molar-refractivity contribution in [2.45, 2.75) is 20.0 Å². The Morgan fingerprint density at radius 3 is 2.72 bits per heavy atom. The van der Waals surface area contributed by atoms with Gasteiger partial charge in [0.05, 0.1) is 6.61 Å². The number of ether oxygens (including phenoxy) is 2. The molecule has 2 N–H and O–H groups in total. The lowest BCUT2D eigenvalue weighted by Crippen LogP contribution is -2.24. The highest BCUT2D eigenvalue weighted by Crippen LogP contribution is 2.23. The van der Waals surface area contributed by atoms with Crippen LogP contribution in [0.1, 0.15) is 22.8 Å². The number of hydrogen-bond donors (Lipinski definition) is 2. The van der Waals surface area contributed by atoms with Gasteiger partial charge in [-0.1, -0.05) is 12.1 Å². The minimum atomic E-state index is -1.05. The molecular weight excluding hydrogens is 236 g/mol. The van der Waals surface area contributed by atoms with Gasteiger partial charge in [-0.15, -0.1) is 0 Å². The monoisotopic (exact) mass is 254 g/mol. The van der Waals surface area contributed by atoms with Gasteiger partial charge < -0.3 is 19.7 Å². The minimum absolute atomic E-state index is 0.00509. The van der Waals surface area contributed by atoms with Crippen molar-refractivity contribution < 1.29 is 24.5 Å². The predicted molar refractivity (Wildman–Crippen MR) is 66.1 cm³/mol. The van der Waals surface area contributed by atoms with E-state index >= 15 is 0 Å². The van der Waals surface area contributed by atoms with Gasteiger partial charge in [0.25, 0.3) is 0 Å². The zero-order valence-electron chi connectivity index (χ0n) is 10.5. The second-order valence-electron chi connectivity index (χ2n) is 3.88. The SMILES string of the molecule is CCOCC(O)COc1c(C)cccc1C(=O)O. The fraction of sp³-hybridized carbons (Fsp3) is 0.462. The van der Waals surface area contributed by atoms with Crippen molar-refractivity contribution in [2.24, 2.45) is 0 Å². The molecule has 0 saturated carbocycles. The lowest BCUT2D eigenvalue weighted by Gasteiger charge is -2.15. The molecule has 0 radical (unpaired) electrons. The number of aliphatic hydroxyl groups is 1. The summed E-state index contributed by atoms with van der Waals surface area (Å²) in [6, 6.07) is 4.89. The Bertz CT molecular complexity index is 402. The minimum Gasteiger partial charge on any atom is -0.490 e. The lowest BCUT2D eigenvalue weighted by molar-refractivity contribution is 0.0159. The molecule has 0 aromatic heterocycles. The van der Waals surface area contributed by atoms with Gasteiger partial charge in [0, 0.05) is 6.61 Å². The number of rotatable bonds is 7. The molecule has 5 heteroatoms. The highest BCUT2D eigenvalue weighted by molar-refractivity contribution is 5.91. The second-order valence-corrected chi connectivity index (χ2v) is 3.88. The predicted octanol–water partition coefficient (Wildman–Crippen LogP) is 1.47. The third-order valence-electron chi connectivity index (χ3n) is 2.38. The molecule has 0 saturated heterocycles. The quantitative estimate of drug-likeness (QED) is 0.770. The Morgan fingerprint density at radius 1 is 1.39 bits per heavy atom. The van der Waals surface area contributed by atoms with Gasteiger partial charge in [0.1, 0.15) is 24.0 Å². The number of carboxylic acids is 1. The van der Waals surface area contributed by atoms with Gasteiger partial charge in [-0.2, -0.15) is 0 Å². The zero-order chi connectivity index (χ0) is 13.5. The van der Waals surface area contributed by atoms with E-state index in [9.17, 15) is 9.90 Å². The number of benzene rings is 1. The smallest absolute Gasteiger partial charge is 0.339 e. The van der Waals surface area contributed by atoms with E-state index in [1.54, 1.807) is 19.1 Å². The second kappa shape index (κ2) is 6.98. The highest BCUT2D eigenvalue weighted by Gasteiger charge is 2.14. The van der Waals surface area contributed by atoms with Crippen molar-refractivity contribution >= 4 is 5.97 Å². The van der Waals surface area contributed by atoms with E-state index in [-0.39, 0.29) is 18.8 Å². The molecule has 0 spiro atoms. The Kier molecular flexibility index (Phi) is 5.61. The first-order valence-corrected chi connectivity index (χ1v) is 5.77. The molecule has 1 aromatic carbocycles. The molecule has 0 fully saturated rings. The van der Waals surface area contributed by atoms with Gasteiger partial charge in [0.15, 0.2) is 0 Å². The summed E-state index contributed by atoms with van der Waals surface area (Å²) in [5.74, 6) is -0.756. The largest absolute Gasteiger partial charge is 0.490 e. The molecule has 0 aliphatic rings. The molecule has 0 amide bonds. The van der Waals surface area contributed by atoms with Crippen LogP contribution in [0, 0.1) is 6.92 Å². The summed E-state index contributed by atoms with van der Waals surface area (Å²) in [7, 11) is 0. The molecule has 18 heavy (non-hydrogen) atoms. The molecule has 0 aliphatic carbocycles. The number of carbonyl (C=O) groups is 1. The van der Waals surface area contributed by atoms with Crippen LogP contribution >= 0.6 is 0 Å². The number of aliphatic hydroxyl groups excluding tert-OH is 1. The average Bonchev–Trinajstić information content (AvgIpc) is 2.34. The third kappa shape index (κ3) is 4.01. The fourth-order valence-corrected chi connectivity index (χ4v) is 1.49. The number of aromatic carboxylic acids is 1. The summed E-state index contributed by atoms with van der Waals surface area (Å²) in [5.41, 5.74) is 0.817. The normalized spacial score (nSPS) is 12.2. The Morgan fingerprint density at radius 2 is 2.11 bits per heavy atom. The maximum absolute atomic E-state index is 11.0. The lowest BCUT2D eigenvalue weighted by atomic mass is 10.1. The van der Waals surface area contributed by atoms with E-state index in [0.29, 0.717) is 12.4 Å². The van der Waals surface area contributed by atoms with E-state index in [4.69, 9.17) is 14.6 Å². The molecule has 1 aromatic rings. The number of hydrogen-bond acceptors (Lipinski definition) is 4. The molecule has 100 valence electrons. The summed E-state index contributed by atoms with van der Waals surface area (Å²) in [6.45, 7) is 4.28. The average molecular weight is 254 g/mol. The van der Waals surface area contributed by atoms with Crippen molar-refractivity contribution in [3.05, 3.63) is 29.3 Å². The molecule has 5 nitrogen and oxygen atoms in total. The van der Waals surface area contributed by atoms with Crippen LogP contribution in [0.25, 0.3) is 0 Å². The van der Waals surface area contributed by atoms with Crippen LogP contribution in [0.15, 0.2) is 18.2 Å². The molecule has 0 heterocycles. The number of aryl methyl sites for hydroxylation is 1. The van der Waals surface area contributed by atoms with Crippen LogP contribution in [-0.2, 0) is 4.74 Å². The Balaban J connectivity index is 2.69. The molecule has 1 unspecified atom stereocenters. The van der Waals surface area contributed by atoms with Crippen molar-refractivity contribution in [2.75, 3.05) is 19.8 Å². The maximum Gasteiger partial charge on any atom is 0.339 e. The van der Waals surface area contributed by atoms with Crippen molar-refractivity contribution in [1.29, 1.82) is 0 Å². The highest BCUT2D eigenvalue weighted by atomic mass is 16.5. The Labute approximate surface area is 106 Å². The van der Waals surface area contributed by atoms with Crippen LogP contribution in [0.4, 0.5) is 0 Å². The van der Waals surface area contributed by atoms with Crippen LogP contribution in [0.2, 0.25) is 0 Å². The van der Waals surface area contributed by atoms with Gasteiger partial charge in [-0.05, 0) is 25.5 Å². The summed E-state index contributed by atoms with van der Waals surface area (Å²) in [6.07, 6.45) is -0.772. The van der Waals surface area contributed by atoms with Crippen LogP contribution in [0.3, 0.4) is 0 Å². The van der Waals surface area contributed by atoms with Crippen molar-refractivity contribution in [1.82, 2.24) is 0 Å². The topological polar surface area (TPSA) is 76.0 Å². The number of carboxylic acid groups (broad SMARTS) is 1. The van der Waals surface area contributed by atoms with Crippen LogP contribution in [-0.4, -0.2) is 42.1 Å². The summed E-state index contributed by atoms with van der Waals surface area (Å²) in [5, 5.41) is 18.6. The maximum atomic E-state index is 11.0. The molecule has 0 aliphatic heterocycles. The summed E-state index contributed by atoms with van der Waals surface area (Å²) < 4.78 is 10.4. The third-order valence-corrected chi connectivity index (χ3v) is 2.38. The first-order chi connectivity index (χ1) is 8.56. The molecular formula is C13H18O5. The standard InChI is InChI=1S/C13H18O5/c1-3-17-7-10(14)8-18-12-9(2)5-4-6-11(12)13(15)16/h4-6,10,14H,3,7-8H2,1-2H3,(H,15,16). The van der Waals surface area contributed by atoms with Gasteiger partial charge in [-0.3, -0.25) is 0 Å². The summed E-state index contributed by atoms with van der Waals surface area (Å²) in [4.78, 5) is 11.0. The fourth-order valence-electron chi connectivity index (χ4n) is 1.49. The van der Waals surface area contributed by atoms with E-state index in [1.807, 2.05) is 6.92 Å². The van der Waals surface area contributed by atoms with Gasteiger partial charge in [0.2, 0.25) is 0 Å². The van der Waals surface area contributed by atoms with E-state index in [0.717, 1.165) is 5.56 Å². The van der Waals surface area contributed by atoms with E-state index in [2.05, 4.69) is 0 Å². The first-order valence-electron chi connectivity index (χ1n) is 5.77. The summed E-state index contributed by atoms with van der Waals surface area (Å²) >= 11 is 0. The first kappa shape index (κ1) is 14.5. The van der Waals surface area contributed by atoms with Crippen LogP contribution < -0.4 is 4.74 Å². The number of para-hydroxylation sites is 1. The zero-order valence-corrected chi connectivity index (χ0v) is 10.5. The van der Waals surface area contributed by atoms with E-state index < -0.39 is 12.1 Å². The molecule has 1 rings (SSSR count).